The molecule has 1 saturated heterocycles. The second kappa shape index (κ2) is 6.50. The van der Waals surface area contributed by atoms with Gasteiger partial charge in [-0.05, 0) is 18.9 Å². The number of rotatable bonds is 7. The van der Waals surface area contributed by atoms with Crippen molar-refractivity contribution in [3.8, 4) is 0 Å². The Balaban J connectivity index is 2.51. The number of likely N-dealkylation sites (tertiary alicyclic amines) is 1. The highest BCUT2D eigenvalue weighted by Gasteiger charge is 2.36. The summed E-state index contributed by atoms with van der Waals surface area (Å²) >= 11 is 0. The van der Waals surface area contributed by atoms with Crippen molar-refractivity contribution in [3.05, 3.63) is 0 Å². The van der Waals surface area contributed by atoms with Crippen molar-refractivity contribution in [1.82, 2.24) is 10.2 Å². The van der Waals surface area contributed by atoms with Crippen LogP contribution in [-0.4, -0.2) is 42.4 Å². The van der Waals surface area contributed by atoms with Crippen molar-refractivity contribution >= 4 is 5.78 Å². The lowest BCUT2D eigenvalue weighted by Crippen LogP contribution is -2.63. The SMILES string of the molecule is CCNC1CN([C@H](CC(C)C)C(=O)C(C)C)C1. The standard InChI is InChI=1S/C14H28N2O/c1-6-15-12-8-16(9-12)13(7-10(2)3)14(17)11(4)5/h10-13,15H,6-9H2,1-5H3/t13-/m1/s1. The summed E-state index contributed by atoms with van der Waals surface area (Å²) in [6.45, 7) is 13.6. The van der Waals surface area contributed by atoms with Crippen LogP contribution >= 0.6 is 0 Å². The Morgan fingerprint density at radius 2 is 1.88 bits per heavy atom. The Morgan fingerprint density at radius 3 is 2.29 bits per heavy atom. The molecule has 1 fully saturated rings. The molecule has 0 amide bonds. The zero-order chi connectivity index (χ0) is 13.0. The second-order valence-electron chi connectivity index (χ2n) is 5.91. The van der Waals surface area contributed by atoms with Crippen LogP contribution in [-0.2, 0) is 4.79 Å². The highest BCUT2D eigenvalue weighted by atomic mass is 16.1. The maximum Gasteiger partial charge on any atom is 0.152 e. The molecule has 0 spiro atoms. The molecule has 0 aromatic heterocycles. The van der Waals surface area contributed by atoms with Gasteiger partial charge in [0.2, 0.25) is 0 Å². The predicted molar refractivity (Wildman–Crippen MR) is 72.1 cm³/mol. The molecule has 0 radical (unpaired) electrons. The van der Waals surface area contributed by atoms with Crippen molar-refractivity contribution in [1.29, 1.82) is 0 Å². The summed E-state index contributed by atoms with van der Waals surface area (Å²) in [5.41, 5.74) is 0. The Hall–Kier alpha value is -0.410. The summed E-state index contributed by atoms with van der Waals surface area (Å²) < 4.78 is 0. The molecule has 1 N–H and O–H groups in total. The first-order chi connectivity index (χ1) is 7.95. The minimum Gasteiger partial charge on any atom is -0.312 e. The molecule has 0 aromatic rings. The van der Waals surface area contributed by atoms with Crippen LogP contribution in [0.1, 0.15) is 41.0 Å². The topological polar surface area (TPSA) is 32.3 Å². The summed E-state index contributed by atoms with van der Waals surface area (Å²) in [5, 5.41) is 3.44. The highest BCUT2D eigenvalue weighted by molar-refractivity contribution is 5.85. The predicted octanol–water partition coefficient (Wildman–Crippen LogP) is 1.92. The van der Waals surface area contributed by atoms with Gasteiger partial charge in [0.1, 0.15) is 0 Å². The summed E-state index contributed by atoms with van der Waals surface area (Å²) in [6, 6.07) is 0.736. The van der Waals surface area contributed by atoms with Gasteiger partial charge in [0.15, 0.2) is 5.78 Å². The Morgan fingerprint density at radius 1 is 1.29 bits per heavy atom. The zero-order valence-corrected chi connectivity index (χ0v) is 12.0. The number of Topliss-reactive ketones (excluding diaryl/α,β-unsaturated/α-hetero) is 1. The van der Waals surface area contributed by atoms with Gasteiger partial charge in [-0.25, -0.2) is 0 Å². The number of ketones is 1. The van der Waals surface area contributed by atoms with Gasteiger partial charge in [0.25, 0.3) is 0 Å². The van der Waals surface area contributed by atoms with Crippen LogP contribution in [0.5, 0.6) is 0 Å². The van der Waals surface area contributed by atoms with Crippen LogP contribution in [0.15, 0.2) is 0 Å². The number of hydrogen-bond donors (Lipinski definition) is 1. The molecule has 100 valence electrons. The maximum absolute atomic E-state index is 12.2. The van der Waals surface area contributed by atoms with Crippen molar-refractivity contribution < 1.29 is 4.79 Å². The molecule has 0 aromatic carbocycles. The summed E-state index contributed by atoms with van der Waals surface area (Å²) in [5.74, 6) is 1.14. The lowest BCUT2D eigenvalue weighted by Gasteiger charge is -2.45. The molecule has 0 unspecified atom stereocenters. The van der Waals surface area contributed by atoms with Gasteiger partial charge >= 0.3 is 0 Å². The molecule has 1 aliphatic heterocycles. The molecule has 1 rings (SSSR count). The number of carbonyl (C=O) groups excluding carboxylic acids is 1. The second-order valence-corrected chi connectivity index (χ2v) is 5.91. The van der Waals surface area contributed by atoms with Crippen LogP contribution in [0.2, 0.25) is 0 Å². The zero-order valence-electron chi connectivity index (χ0n) is 12.0. The number of likely N-dealkylation sites (N-methyl/N-ethyl adjacent to an activating group) is 1. The van der Waals surface area contributed by atoms with Gasteiger partial charge < -0.3 is 5.32 Å². The molecule has 1 aliphatic rings. The van der Waals surface area contributed by atoms with Crippen molar-refractivity contribution in [2.45, 2.75) is 53.1 Å². The monoisotopic (exact) mass is 240 g/mol. The van der Waals surface area contributed by atoms with Crippen molar-refractivity contribution in [2.24, 2.45) is 11.8 Å². The summed E-state index contributed by atoms with van der Waals surface area (Å²) in [7, 11) is 0. The molecule has 3 heteroatoms. The lowest BCUT2D eigenvalue weighted by molar-refractivity contribution is -0.130. The van der Waals surface area contributed by atoms with Gasteiger partial charge in [-0.15, -0.1) is 0 Å². The number of nitrogens with zero attached hydrogens (tertiary/aromatic N) is 1. The first-order valence-corrected chi connectivity index (χ1v) is 6.96. The molecule has 17 heavy (non-hydrogen) atoms. The van der Waals surface area contributed by atoms with E-state index in [9.17, 15) is 4.79 Å². The Labute approximate surface area is 106 Å². The molecular weight excluding hydrogens is 212 g/mol. The average Bonchev–Trinajstić information content (AvgIpc) is 2.18. The molecule has 0 saturated carbocycles. The minimum atomic E-state index is 0.143. The molecule has 0 aliphatic carbocycles. The fraction of sp³-hybridized carbons (Fsp3) is 0.929. The van der Waals surface area contributed by atoms with E-state index in [1.165, 1.54) is 0 Å². The van der Waals surface area contributed by atoms with Gasteiger partial charge in [0.05, 0.1) is 6.04 Å². The van der Waals surface area contributed by atoms with E-state index in [0.29, 0.717) is 17.7 Å². The number of hydrogen-bond acceptors (Lipinski definition) is 3. The third kappa shape index (κ3) is 4.07. The fourth-order valence-electron chi connectivity index (χ4n) is 2.46. The van der Waals surface area contributed by atoms with E-state index in [1.54, 1.807) is 0 Å². The molecule has 1 atom stereocenters. The van der Waals surface area contributed by atoms with E-state index >= 15 is 0 Å². The third-order valence-corrected chi connectivity index (χ3v) is 3.44. The van der Waals surface area contributed by atoms with E-state index in [2.05, 4.69) is 31.0 Å². The van der Waals surface area contributed by atoms with Gasteiger partial charge in [-0.3, -0.25) is 9.69 Å². The van der Waals surface area contributed by atoms with Crippen LogP contribution in [0, 0.1) is 11.8 Å². The Bertz CT molecular complexity index is 245. The summed E-state index contributed by atoms with van der Waals surface area (Å²) in [6.07, 6.45) is 0.996. The summed E-state index contributed by atoms with van der Waals surface area (Å²) in [4.78, 5) is 14.6. The quantitative estimate of drug-likeness (QED) is 0.738. The normalized spacial score (nSPS) is 19.7. The van der Waals surface area contributed by atoms with Crippen LogP contribution < -0.4 is 5.32 Å². The van der Waals surface area contributed by atoms with Gasteiger partial charge in [-0.2, -0.15) is 0 Å². The van der Waals surface area contributed by atoms with Gasteiger partial charge in [0, 0.05) is 25.0 Å². The highest BCUT2D eigenvalue weighted by Crippen LogP contribution is 2.21. The lowest BCUT2D eigenvalue weighted by atomic mass is 9.90. The van der Waals surface area contributed by atoms with E-state index in [4.69, 9.17) is 0 Å². The van der Waals surface area contributed by atoms with Crippen molar-refractivity contribution in [3.63, 3.8) is 0 Å². The molecular formula is C14H28N2O. The van der Waals surface area contributed by atoms with Crippen LogP contribution in [0.3, 0.4) is 0 Å². The minimum absolute atomic E-state index is 0.143. The maximum atomic E-state index is 12.2. The van der Waals surface area contributed by atoms with E-state index in [1.807, 2.05) is 13.8 Å². The largest absolute Gasteiger partial charge is 0.312 e. The number of nitrogens with one attached hydrogen (secondary N) is 1. The first-order valence-electron chi connectivity index (χ1n) is 6.96. The Kier molecular flexibility index (Phi) is 5.60. The average molecular weight is 240 g/mol. The van der Waals surface area contributed by atoms with Crippen LogP contribution in [0.4, 0.5) is 0 Å². The van der Waals surface area contributed by atoms with Gasteiger partial charge in [-0.1, -0.05) is 34.6 Å². The molecule has 0 bridgehead atoms. The van der Waals surface area contributed by atoms with Crippen molar-refractivity contribution in [2.75, 3.05) is 19.6 Å². The first kappa shape index (κ1) is 14.7. The van der Waals surface area contributed by atoms with Crippen LogP contribution in [0.25, 0.3) is 0 Å². The van der Waals surface area contributed by atoms with E-state index in [0.717, 1.165) is 26.1 Å². The molecule has 1 heterocycles. The van der Waals surface area contributed by atoms with E-state index < -0.39 is 0 Å². The smallest absolute Gasteiger partial charge is 0.152 e. The third-order valence-electron chi connectivity index (χ3n) is 3.44. The van der Waals surface area contributed by atoms with E-state index in [-0.39, 0.29) is 12.0 Å². The fourth-order valence-corrected chi connectivity index (χ4v) is 2.46. The number of carbonyl (C=O) groups is 1. The molecule has 3 nitrogen and oxygen atoms in total.